The fourth-order valence-corrected chi connectivity index (χ4v) is 5.92. The average Bonchev–Trinajstić information content (AvgIpc) is 3.30. The Morgan fingerprint density at radius 2 is 1.85 bits per heavy atom. The van der Waals surface area contributed by atoms with Crippen LogP contribution in [0.4, 0.5) is 5.13 Å². The van der Waals surface area contributed by atoms with Crippen molar-refractivity contribution in [3.63, 3.8) is 0 Å². The zero-order chi connectivity index (χ0) is 24.1. The quantitative estimate of drug-likeness (QED) is 0.441. The van der Waals surface area contributed by atoms with Crippen LogP contribution in [0.15, 0.2) is 47.4 Å². The van der Waals surface area contributed by atoms with Gasteiger partial charge in [-0.1, -0.05) is 31.3 Å². The number of hydrogen-bond acceptors (Lipinski definition) is 7. The summed E-state index contributed by atoms with van der Waals surface area (Å²) in [5, 5.41) is 0.667. The van der Waals surface area contributed by atoms with E-state index in [0.29, 0.717) is 17.2 Å². The van der Waals surface area contributed by atoms with Crippen molar-refractivity contribution < 1.29 is 17.9 Å². The minimum absolute atomic E-state index is 0.0272. The molecular formula is C25H31N3O4S2. The highest BCUT2D eigenvalue weighted by molar-refractivity contribution is 7.91. The van der Waals surface area contributed by atoms with Crippen molar-refractivity contribution in [1.82, 2.24) is 9.88 Å². The van der Waals surface area contributed by atoms with Crippen LogP contribution in [0.2, 0.25) is 0 Å². The third-order valence-corrected chi connectivity index (χ3v) is 8.92. The summed E-state index contributed by atoms with van der Waals surface area (Å²) in [5.41, 5.74) is 2.57. The predicted molar refractivity (Wildman–Crippen MR) is 137 cm³/mol. The van der Waals surface area contributed by atoms with Crippen LogP contribution in [0, 0.1) is 0 Å². The molecule has 0 unspecified atom stereocenters. The van der Waals surface area contributed by atoms with Gasteiger partial charge in [0.25, 0.3) is 5.91 Å². The summed E-state index contributed by atoms with van der Waals surface area (Å²) in [6.07, 6.45) is 1.75. The van der Waals surface area contributed by atoms with Crippen LogP contribution >= 0.6 is 11.3 Å². The molecule has 0 aliphatic carbocycles. The van der Waals surface area contributed by atoms with E-state index < -0.39 is 9.84 Å². The molecule has 1 aliphatic heterocycles. The van der Waals surface area contributed by atoms with Crippen LogP contribution in [0.25, 0.3) is 10.2 Å². The molecule has 1 fully saturated rings. The zero-order valence-corrected chi connectivity index (χ0v) is 21.3. The molecule has 2 heterocycles. The van der Waals surface area contributed by atoms with Crippen LogP contribution in [0.1, 0.15) is 36.2 Å². The summed E-state index contributed by atoms with van der Waals surface area (Å²) in [4.78, 5) is 22.7. The first-order chi connectivity index (χ1) is 16.4. The van der Waals surface area contributed by atoms with Crippen molar-refractivity contribution in [2.24, 2.45) is 0 Å². The van der Waals surface area contributed by atoms with Crippen LogP contribution in [-0.2, 0) is 21.0 Å². The Balaban J connectivity index is 1.59. The molecule has 0 radical (unpaired) electrons. The van der Waals surface area contributed by atoms with Gasteiger partial charge in [-0.05, 0) is 54.8 Å². The Labute approximate surface area is 205 Å². The van der Waals surface area contributed by atoms with E-state index in [0.717, 1.165) is 55.9 Å². The largest absolute Gasteiger partial charge is 0.379 e. The number of sulfone groups is 1. The molecule has 9 heteroatoms. The first kappa shape index (κ1) is 24.8. The molecule has 0 bridgehead atoms. The molecule has 4 rings (SSSR count). The smallest absolute Gasteiger partial charge is 0.260 e. The summed E-state index contributed by atoms with van der Waals surface area (Å²) >= 11 is 1.52. The summed E-state index contributed by atoms with van der Waals surface area (Å²) in [7, 11) is -3.31. The lowest BCUT2D eigenvalue weighted by Crippen LogP contribution is -2.39. The van der Waals surface area contributed by atoms with E-state index in [9.17, 15) is 13.2 Å². The average molecular weight is 502 g/mol. The lowest BCUT2D eigenvalue weighted by atomic mass is 10.2. The zero-order valence-electron chi connectivity index (χ0n) is 19.7. The summed E-state index contributed by atoms with van der Waals surface area (Å²) < 4.78 is 30.8. The highest BCUT2D eigenvalue weighted by Crippen LogP contribution is 2.31. The van der Waals surface area contributed by atoms with Gasteiger partial charge in [0.05, 0.1) is 34.1 Å². The molecule has 0 N–H and O–H groups in total. The van der Waals surface area contributed by atoms with Gasteiger partial charge in [-0.3, -0.25) is 14.6 Å². The number of carbonyl (C=O) groups is 1. The number of aryl methyl sites for hydroxylation is 1. The van der Waals surface area contributed by atoms with E-state index in [1.54, 1.807) is 24.0 Å². The minimum Gasteiger partial charge on any atom is -0.379 e. The Morgan fingerprint density at radius 1 is 1.12 bits per heavy atom. The molecule has 0 spiro atoms. The van der Waals surface area contributed by atoms with E-state index in [-0.39, 0.29) is 16.6 Å². The number of morpholine rings is 1. The summed E-state index contributed by atoms with van der Waals surface area (Å²) in [5.74, 6) is -0.142. The van der Waals surface area contributed by atoms with Gasteiger partial charge in [0.1, 0.15) is 0 Å². The van der Waals surface area contributed by atoms with Gasteiger partial charge in [0.15, 0.2) is 15.0 Å². The fourth-order valence-electron chi connectivity index (χ4n) is 3.98. The Hall–Kier alpha value is -2.33. The first-order valence-electron chi connectivity index (χ1n) is 11.8. The van der Waals surface area contributed by atoms with Gasteiger partial charge >= 0.3 is 0 Å². The van der Waals surface area contributed by atoms with Gasteiger partial charge in [-0.25, -0.2) is 13.4 Å². The van der Waals surface area contributed by atoms with Crippen molar-refractivity contribution in [3.05, 3.63) is 53.6 Å². The summed E-state index contributed by atoms with van der Waals surface area (Å²) in [6, 6.07) is 12.5. The van der Waals surface area contributed by atoms with E-state index in [1.165, 1.54) is 29.0 Å². The van der Waals surface area contributed by atoms with Gasteiger partial charge in [-0.15, -0.1) is 0 Å². The third-order valence-electron chi connectivity index (χ3n) is 6.13. The monoisotopic (exact) mass is 501 g/mol. The number of amides is 1. The molecular weight excluding hydrogens is 470 g/mol. The molecule has 1 aromatic heterocycles. The Bertz CT molecular complexity index is 1230. The van der Waals surface area contributed by atoms with E-state index in [1.807, 2.05) is 6.07 Å². The second kappa shape index (κ2) is 10.9. The molecule has 7 nitrogen and oxygen atoms in total. The molecule has 0 saturated carbocycles. The maximum atomic E-state index is 13.6. The standard InChI is InChI=1S/C25H31N3O4S2/c1-3-19-6-11-22-23(18-19)33-25(26-22)28(13-5-12-27-14-16-32-17-15-27)24(29)20-7-9-21(10-8-20)34(30,31)4-2/h6-11,18H,3-5,12-17H2,1-2H3. The van der Waals surface area contributed by atoms with Crippen molar-refractivity contribution >= 4 is 42.4 Å². The van der Waals surface area contributed by atoms with Gasteiger partial charge in [0.2, 0.25) is 0 Å². The molecule has 182 valence electrons. The normalized spacial score (nSPS) is 15.0. The number of thiazole rings is 1. The molecule has 1 saturated heterocycles. The van der Waals surface area contributed by atoms with Crippen LogP contribution in [0.3, 0.4) is 0 Å². The SMILES string of the molecule is CCc1ccc2nc(N(CCCN3CCOCC3)C(=O)c3ccc(S(=O)(=O)CC)cc3)sc2c1. The van der Waals surface area contributed by atoms with Crippen LogP contribution in [0.5, 0.6) is 0 Å². The highest BCUT2D eigenvalue weighted by atomic mass is 32.2. The number of hydrogen-bond donors (Lipinski definition) is 0. The minimum atomic E-state index is -3.31. The molecule has 34 heavy (non-hydrogen) atoms. The first-order valence-corrected chi connectivity index (χ1v) is 14.2. The fraction of sp³-hybridized carbons (Fsp3) is 0.440. The Morgan fingerprint density at radius 3 is 2.53 bits per heavy atom. The van der Waals surface area contributed by atoms with Crippen molar-refractivity contribution in [2.45, 2.75) is 31.6 Å². The number of ether oxygens (including phenoxy) is 1. The number of fused-ring (bicyclic) bond motifs is 1. The molecule has 3 aromatic rings. The van der Waals surface area contributed by atoms with Crippen molar-refractivity contribution in [1.29, 1.82) is 0 Å². The molecule has 2 aromatic carbocycles. The number of benzene rings is 2. The van der Waals surface area contributed by atoms with Crippen molar-refractivity contribution in [2.75, 3.05) is 50.0 Å². The highest BCUT2D eigenvalue weighted by Gasteiger charge is 2.23. The van der Waals surface area contributed by atoms with Gasteiger partial charge in [0, 0.05) is 31.7 Å². The number of aromatic nitrogens is 1. The lowest BCUT2D eigenvalue weighted by Gasteiger charge is -2.27. The second-order valence-electron chi connectivity index (χ2n) is 8.34. The Kier molecular flexibility index (Phi) is 7.98. The number of carbonyl (C=O) groups excluding carboxylic acids is 1. The molecule has 1 amide bonds. The van der Waals surface area contributed by atoms with E-state index in [4.69, 9.17) is 9.72 Å². The van der Waals surface area contributed by atoms with Crippen molar-refractivity contribution in [3.8, 4) is 0 Å². The number of anilines is 1. The van der Waals surface area contributed by atoms with Crippen LogP contribution < -0.4 is 4.90 Å². The maximum absolute atomic E-state index is 13.6. The summed E-state index contributed by atoms with van der Waals surface area (Å²) in [6.45, 7) is 8.44. The van der Waals surface area contributed by atoms with Gasteiger partial charge < -0.3 is 4.74 Å². The van der Waals surface area contributed by atoms with E-state index in [2.05, 4.69) is 24.0 Å². The maximum Gasteiger partial charge on any atom is 0.260 e. The number of nitrogens with zero attached hydrogens (tertiary/aromatic N) is 3. The number of rotatable bonds is 9. The second-order valence-corrected chi connectivity index (χ2v) is 11.6. The topological polar surface area (TPSA) is 79.8 Å². The lowest BCUT2D eigenvalue weighted by molar-refractivity contribution is 0.0376. The van der Waals surface area contributed by atoms with Crippen LogP contribution in [-0.4, -0.2) is 69.4 Å². The van der Waals surface area contributed by atoms with Gasteiger partial charge in [-0.2, -0.15) is 0 Å². The third kappa shape index (κ3) is 5.66. The predicted octanol–water partition coefficient (Wildman–Crippen LogP) is 4.02. The molecule has 1 aliphatic rings. The molecule has 0 atom stereocenters. The van der Waals surface area contributed by atoms with E-state index >= 15 is 0 Å².